The van der Waals surface area contributed by atoms with Crippen LogP contribution in [0.25, 0.3) is 0 Å². The van der Waals surface area contributed by atoms with Gasteiger partial charge in [-0.05, 0) is 39.1 Å². The van der Waals surface area contributed by atoms with Gasteiger partial charge >= 0.3 is 5.82 Å². The number of ketones is 1. The Morgan fingerprint density at radius 2 is 2.15 bits per heavy atom. The molecule has 0 bridgehead atoms. The Balaban J connectivity index is 2.26. The fourth-order valence-electron chi connectivity index (χ4n) is 1.54. The van der Waals surface area contributed by atoms with Crippen molar-refractivity contribution < 1.29 is 9.72 Å². The highest BCUT2D eigenvalue weighted by atomic mass is 79.9. The van der Waals surface area contributed by atoms with Crippen LogP contribution in [0.4, 0.5) is 5.82 Å². The Morgan fingerprint density at radius 1 is 1.45 bits per heavy atom. The maximum atomic E-state index is 12.1. The van der Waals surface area contributed by atoms with E-state index >= 15 is 0 Å². The highest BCUT2D eigenvalue weighted by molar-refractivity contribution is 9.10. The van der Waals surface area contributed by atoms with E-state index in [4.69, 9.17) is 23.2 Å². The molecule has 0 fully saturated rings. The maximum Gasteiger partial charge on any atom is 0.404 e. The van der Waals surface area contributed by atoms with Crippen LogP contribution in [0.2, 0.25) is 10.0 Å². The molecule has 0 saturated carbocycles. The molecule has 1 aromatic carbocycles. The maximum absolute atomic E-state index is 12.1. The van der Waals surface area contributed by atoms with Crippen molar-refractivity contribution in [2.45, 2.75) is 6.54 Å². The summed E-state index contributed by atoms with van der Waals surface area (Å²) in [6.07, 6.45) is 1.36. The molecule has 1 heterocycles. The van der Waals surface area contributed by atoms with Crippen LogP contribution in [0.15, 0.2) is 28.9 Å². The number of hydrogen-bond donors (Lipinski definition) is 0. The highest BCUT2D eigenvalue weighted by Gasteiger charge is 2.21. The molecule has 2 aromatic rings. The summed E-state index contributed by atoms with van der Waals surface area (Å²) < 4.78 is 1.37. The largest absolute Gasteiger partial charge is 0.404 e. The van der Waals surface area contributed by atoms with E-state index < -0.39 is 4.92 Å². The smallest absolute Gasteiger partial charge is 0.358 e. The molecule has 2 rings (SSSR count). The molecule has 6 nitrogen and oxygen atoms in total. The third-order valence-electron chi connectivity index (χ3n) is 2.41. The number of halogens is 3. The fraction of sp³-hybridized carbons (Fsp3) is 0.0909. The lowest BCUT2D eigenvalue weighted by atomic mass is 10.1. The minimum absolute atomic E-state index is 0.174. The summed E-state index contributed by atoms with van der Waals surface area (Å²) >= 11 is 14.7. The number of nitro groups is 1. The van der Waals surface area contributed by atoms with Crippen molar-refractivity contribution in [2.75, 3.05) is 0 Å². The van der Waals surface area contributed by atoms with E-state index in [1.54, 1.807) is 6.07 Å². The monoisotopic (exact) mass is 377 g/mol. The third kappa shape index (κ3) is 3.17. The predicted molar refractivity (Wildman–Crippen MR) is 77.4 cm³/mol. The Bertz CT molecular complexity index is 702. The van der Waals surface area contributed by atoms with Crippen LogP contribution in [0, 0.1) is 10.1 Å². The van der Waals surface area contributed by atoms with Gasteiger partial charge in [0, 0.05) is 10.6 Å². The van der Waals surface area contributed by atoms with Crippen molar-refractivity contribution >= 4 is 50.7 Å². The number of benzene rings is 1. The summed E-state index contributed by atoms with van der Waals surface area (Å²) in [4.78, 5) is 22.1. The molecule has 9 heteroatoms. The Morgan fingerprint density at radius 3 is 2.75 bits per heavy atom. The molecule has 20 heavy (non-hydrogen) atoms. The van der Waals surface area contributed by atoms with Crippen LogP contribution >= 0.6 is 39.1 Å². The molecule has 0 aliphatic carbocycles. The molecule has 104 valence electrons. The van der Waals surface area contributed by atoms with Gasteiger partial charge < -0.3 is 10.1 Å². The van der Waals surface area contributed by atoms with Crippen LogP contribution in [-0.4, -0.2) is 20.5 Å². The molecule has 0 unspecified atom stereocenters. The average molecular weight is 379 g/mol. The fourth-order valence-corrected chi connectivity index (χ4v) is 2.39. The summed E-state index contributed by atoms with van der Waals surface area (Å²) in [5, 5.41) is 15.0. The van der Waals surface area contributed by atoms with Gasteiger partial charge in [0.1, 0.15) is 11.0 Å². The molecule has 0 aliphatic rings. The number of nitrogens with zero attached hydrogens (tertiary/aromatic N) is 3. The molecule has 0 radical (unpaired) electrons. The van der Waals surface area contributed by atoms with Gasteiger partial charge in [-0.3, -0.25) is 4.79 Å². The van der Waals surface area contributed by atoms with Crippen LogP contribution in [0.5, 0.6) is 0 Å². The van der Waals surface area contributed by atoms with Crippen molar-refractivity contribution in [1.82, 2.24) is 9.78 Å². The second-order valence-electron chi connectivity index (χ2n) is 3.80. The molecular formula is C11H6BrCl2N3O3. The first-order valence-corrected chi connectivity index (χ1v) is 6.79. The molecule has 0 saturated heterocycles. The Kier molecular flexibility index (Phi) is 4.42. The quantitative estimate of drug-likeness (QED) is 0.461. The van der Waals surface area contributed by atoms with Gasteiger partial charge in [-0.2, -0.15) is 4.68 Å². The van der Waals surface area contributed by atoms with Gasteiger partial charge in [0.15, 0.2) is 5.78 Å². The molecule has 0 N–H and O–H groups in total. The second-order valence-corrected chi connectivity index (χ2v) is 5.50. The molecule has 1 aromatic heterocycles. The standard InChI is InChI=1S/C11H6BrCl2N3O3/c12-8-4-16(15-11(8)17(19)20)5-10(18)7-3-6(13)1-2-9(7)14/h1-4H,5H2. The molecule has 0 atom stereocenters. The lowest BCUT2D eigenvalue weighted by Crippen LogP contribution is -2.11. The SMILES string of the molecule is O=C(Cn1cc(Br)c([N+](=O)[O-])n1)c1cc(Cl)ccc1Cl. The first-order chi connectivity index (χ1) is 9.38. The van der Waals surface area contributed by atoms with Crippen LogP contribution in [-0.2, 0) is 6.54 Å². The zero-order valence-electron chi connectivity index (χ0n) is 9.72. The van der Waals surface area contributed by atoms with E-state index in [0.717, 1.165) is 0 Å². The number of rotatable bonds is 4. The van der Waals surface area contributed by atoms with E-state index in [2.05, 4.69) is 21.0 Å². The summed E-state index contributed by atoms with van der Waals surface area (Å²) in [6, 6.07) is 4.52. The van der Waals surface area contributed by atoms with E-state index in [-0.39, 0.29) is 33.2 Å². The minimum Gasteiger partial charge on any atom is -0.358 e. The number of carbonyl (C=O) groups is 1. The summed E-state index contributed by atoms with van der Waals surface area (Å²) in [6.45, 7) is -0.174. The van der Waals surface area contributed by atoms with Crippen molar-refractivity contribution in [3.63, 3.8) is 0 Å². The average Bonchev–Trinajstić information content (AvgIpc) is 2.73. The van der Waals surface area contributed by atoms with Gasteiger partial charge in [-0.1, -0.05) is 23.2 Å². The second kappa shape index (κ2) is 5.90. The topological polar surface area (TPSA) is 78.0 Å². The summed E-state index contributed by atoms with van der Waals surface area (Å²) in [7, 11) is 0. The normalized spacial score (nSPS) is 10.6. The van der Waals surface area contributed by atoms with E-state index in [0.29, 0.717) is 5.02 Å². The first kappa shape index (κ1) is 15.0. The lowest BCUT2D eigenvalue weighted by Gasteiger charge is -2.02. The van der Waals surface area contributed by atoms with Gasteiger partial charge in [-0.15, -0.1) is 0 Å². The lowest BCUT2D eigenvalue weighted by molar-refractivity contribution is -0.390. The molecular weight excluding hydrogens is 373 g/mol. The summed E-state index contributed by atoms with van der Waals surface area (Å²) in [5.74, 6) is -0.697. The molecule has 0 amide bonds. The zero-order valence-corrected chi connectivity index (χ0v) is 12.8. The van der Waals surface area contributed by atoms with Crippen molar-refractivity contribution in [2.24, 2.45) is 0 Å². The van der Waals surface area contributed by atoms with Gasteiger partial charge in [0.05, 0.1) is 16.3 Å². The third-order valence-corrected chi connectivity index (χ3v) is 3.53. The Labute approximate surface area is 131 Å². The van der Waals surface area contributed by atoms with Crippen molar-refractivity contribution in [3.05, 3.63) is 54.6 Å². The van der Waals surface area contributed by atoms with E-state index in [1.165, 1.54) is 23.0 Å². The van der Waals surface area contributed by atoms with Crippen molar-refractivity contribution in [3.8, 4) is 0 Å². The van der Waals surface area contributed by atoms with Gasteiger partial charge in [0.25, 0.3) is 0 Å². The van der Waals surface area contributed by atoms with Crippen LogP contribution in [0.3, 0.4) is 0 Å². The van der Waals surface area contributed by atoms with Crippen LogP contribution < -0.4 is 0 Å². The van der Waals surface area contributed by atoms with Crippen molar-refractivity contribution in [1.29, 1.82) is 0 Å². The zero-order chi connectivity index (χ0) is 14.9. The van der Waals surface area contributed by atoms with Crippen LogP contribution in [0.1, 0.15) is 10.4 Å². The number of aromatic nitrogens is 2. The number of Topliss-reactive ketones (excluding diaryl/α,β-unsaturated/α-hetero) is 1. The number of carbonyl (C=O) groups excluding carboxylic acids is 1. The minimum atomic E-state index is -0.641. The molecule has 0 aliphatic heterocycles. The highest BCUT2D eigenvalue weighted by Crippen LogP contribution is 2.24. The molecule has 0 spiro atoms. The first-order valence-electron chi connectivity index (χ1n) is 5.24. The predicted octanol–water partition coefficient (Wildman–Crippen LogP) is 3.74. The Hall–Kier alpha value is -1.44. The van der Waals surface area contributed by atoms with Gasteiger partial charge in [0.2, 0.25) is 0 Å². The van der Waals surface area contributed by atoms with E-state index in [1.807, 2.05) is 0 Å². The summed E-state index contributed by atoms with van der Waals surface area (Å²) in [5.41, 5.74) is 0.244. The van der Waals surface area contributed by atoms with Gasteiger partial charge in [-0.25, -0.2) is 0 Å². The van der Waals surface area contributed by atoms with E-state index in [9.17, 15) is 14.9 Å². The number of hydrogen-bond acceptors (Lipinski definition) is 4.